The summed E-state index contributed by atoms with van der Waals surface area (Å²) in [5, 5.41) is 0. The number of rotatable bonds is 4. The highest BCUT2D eigenvalue weighted by atomic mass is 35.5. The van der Waals surface area contributed by atoms with Crippen LogP contribution in [0.5, 0.6) is 5.75 Å². The van der Waals surface area contributed by atoms with Crippen LogP contribution in [0.2, 0.25) is 4.47 Å². The van der Waals surface area contributed by atoms with Crippen molar-refractivity contribution < 1.29 is 13.2 Å². The van der Waals surface area contributed by atoms with E-state index in [0.717, 1.165) is 22.5 Å². The minimum absolute atomic E-state index is 0.117. The number of thiazole rings is 1. The van der Waals surface area contributed by atoms with Gasteiger partial charge in [0.05, 0.1) is 18.5 Å². The first kappa shape index (κ1) is 16.1. The molecular weight excluding hydrogens is 332 g/mol. The van der Waals surface area contributed by atoms with Crippen molar-refractivity contribution in [1.29, 1.82) is 0 Å². The molecule has 0 amide bonds. The van der Waals surface area contributed by atoms with Crippen LogP contribution < -0.4 is 9.46 Å². The van der Waals surface area contributed by atoms with E-state index in [4.69, 9.17) is 16.3 Å². The fourth-order valence-electron chi connectivity index (χ4n) is 2.04. The summed E-state index contributed by atoms with van der Waals surface area (Å²) in [7, 11) is -2.16. The topological polar surface area (TPSA) is 68.3 Å². The molecule has 0 radical (unpaired) electrons. The molecule has 0 spiro atoms. The van der Waals surface area contributed by atoms with E-state index in [2.05, 4.69) is 9.71 Å². The summed E-state index contributed by atoms with van der Waals surface area (Å²) < 4.78 is 33.0. The summed E-state index contributed by atoms with van der Waals surface area (Å²) >= 11 is 6.70. The van der Waals surface area contributed by atoms with E-state index < -0.39 is 10.0 Å². The number of nitrogens with one attached hydrogen (secondary N) is 1. The van der Waals surface area contributed by atoms with Crippen molar-refractivity contribution in [3.05, 3.63) is 33.4 Å². The van der Waals surface area contributed by atoms with Crippen LogP contribution in [0.15, 0.2) is 16.3 Å². The number of aromatic nitrogens is 1. The third-order valence-electron chi connectivity index (χ3n) is 3.02. The van der Waals surface area contributed by atoms with Crippen molar-refractivity contribution in [3.63, 3.8) is 0 Å². The Bertz CT molecular complexity index is 785. The number of methoxy groups -OCH3 is 1. The summed E-state index contributed by atoms with van der Waals surface area (Å²) in [6.45, 7) is 5.31. The lowest BCUT2D eigenvalue weighted by atomic mass is 10.1. The summed E-state index contributed by atoms with van der Waals surface area (Å²) in [4.78, 5) is 3.93. The summed E-state index contributed by atoms with van der Waals surface area (Å²) in [6, 6.07) is 3.51. The standard InChI is InChI=1S/C13H15ClN2O3S2/c1-7-5-6-10(8(2)11(7)19-4)16-21(17,18)12-9(3)15-13(14)20-12/h5-6,16H,1-4H3. The minimum Gasteiger partial charge on any atom is -0.496 e. The van der Waals surface area contributed by atoms with E-state index in [1.807, 2.05) is 6.92 Å². The number of hydrogen-bond acceptors (Lipinski definition) is 5. The quantitative estimate of drug-likeness (QED) is 0.919. The number of halogens is 1. The molecular formula is C13H15ClN2O3S2. The number of aryl methyl sites for hydroxylation is 2. The molecule has 0 saturated heterocycles. The van der Waals surface area contributed by atoms with E-state index in [9.17, 15) is 8.42 Å². The van der Waals surface area contributed by atoms with Gasteiger partial charge in [0, 0.05) is 5.56 Å². The van der Waals surface area contributed by atoms with E-state index in [-0.39, 0.29) is 8.68 Å². The molecule has 0 bridgehead atoms. The first-order valence-electron chi connectivity index (χ1n) is 6.06. The highest BCUT2D eigenvalue weighted by molar-refractivity contribution is 7.94. The average molecular weight is 347 g/mol. The van der Waals surface area contributed by atoms with Gasteiger partial charge in [0.1, 0.15) is 5.75 Å². The second kappa shape index (κ2) is 5.82. The van der Waals surface area contributed by atoms with Crippen LogP contribution in [0.1, 0.15) is 16.8 Å². The summed E-state index contributed by atoms with van der Waals surface area (Å²) in [5.41, 5.74) is 2.53. The van der Waals surface area contributed by atoms with Crippen molar-refractivity contribution in [3.8, 4) is 5.75 Å². The van der Waals surface area contributed by atoms with Gasteiger partial charge < -0.3 is 4.74 Å². The average Bonchev–Trinajstić information content (AvgIpc) is 2.73. The van der Waals surface area contributed by atoms with Crippen LogP contribution in [0, 0.1) is 20.8 Å². The van der Waals surface area contributed by atoms with Gasteiger partial charge in [-0.1, -0.05) is 29.0 Å². The molecule has 0 aliphatic rings. The van der Waals surface area contributed by atoms with Gasteiger partial charge in [0.25, 0.3) is 10.0 Å². The van der Waals surface area contributed by atoms with Crippen molar-refractivity contribution in [1.82, 2.24) is 4.98 Å². The van der Waals surface area contributed by atoms with Gasteiger partial charge in [-0.3, -0.25) is 4.72 Å². The summed E-state index contributed by atoms with van der Waals surface area (Å²) in [5.74, 6) is 0.661. The molecule has 8 heteroatoms. The molecule has 114 valence electrons. The number of benzene rings is 1. The van der Waals surface area contributed by atoms with Crippen LogP contribution in [-0.4, -0.2) is 20.5 Å². The fourth-order valence-corrected chi connectivity index (χ4v) is 4.91. The Labute approximate surface area is 133 Å². The highest BCUT2D eigenvalue weighted by Crippen LogP contribution is 2.33. The van der Waals surface area contributed by atoms with E-state index >= 15 is 0 Å². The maximum absolute atomic E-state index is 12.4. The second-order valence-electron chi connectivity index (χ2n) is 4.53. The molecule has 0 saturated carbocycles. The molecule has 0 aliphatic heterocycles. The third-order valence-corrected chi connectivity index (χ3v) is 6.26. The fraction of sp³-hybridized carbons (Fsp3) is 0.308. The van der Waals surface area contributed by atoms with Gasteiger partial charge in [0.2, 0.25) is 0 Å². The number of nitrogens with zero attached hydrogens (tertiary/aromatic N) is 1. The molecule has 21 heavy (non-hydrogen) atoms. The number of hydrogen-bond donors (Lipinski definition) is 1. The van der Waals surface area contributed by atoms with Crippen LogP contribution in [0.4, 0.5) is 5.69 Å². The van der Waals surface area contributed by atoms with Gasteiger partial charge in [-0.25, -0.2) is 13.4 Å². The van der Waals surface area contributed by atoms with Crippen molar-refractivity contribution in [2.75, 3.05) is 11.8 Å². The number of ether oxygens (including phenoxy) is 1. The molecule has 0 aliphatic carbocycles. The van der Waals surface area contributed by atoms with Crippen molar-refractivity contribution in [2.24, 2.45) is 0 Å². The van der Waals surface area contributed by atoms with Gasteiger partial charge in [-0.05, 0) is 32.4 Å². The highest BCUT2D eigenvalue weighted by Gasteiger charge is 2.23. The van der Waals surface area contributed by atoms with Crippen LogP contribution in [0.25, 0.3) is 0 Å². The minimum atomic E-state index is -3.72. The Kier molecular flexibility index (Phi) is 4.46. The summed E-state index contributed by atoms with van der Waals surface area (Å²) in [6.07, 6.45) is 0. The largest absolute Gasteiger partial charge is 0.496 e. The molecule has 5 nitrogen and oxygen atoms in total. The normalized spacial score (nSPS) is 11.5. The Balaban J connectivity index is 2.45. The van der Waals surface area contributed by atoms with Gasteiger partial charge in [0.15, 0.2) is 8.68 Å². The predicted octanol–water partition coefficient (Wildman–Crippen LogP) is 3.53. The molecule has 0 fully saturated rings. The van der Waals surface area contributed by atoms with Crippen molar-refractivity contribution in [2.45, 2.75) is 25.0 Å². The molecule has 0 atom stereocenters. The molecule has 1 heterocycles. The monoisotopic (exact) mass is 346 g/mol. The zero-order chi connectivity index (χ0) is 15.8. The SMILES string of the molecule is COc1c(C)ccc(NS(=O)(=O)c2sc(Cl)nc2C)c1C. The molecule has 1 aromatic heterocycles. The van der Waals surface area contributed by atoms with Crippen LogP contribution in [0.3, 0.4) is 0 Å². The first-order valence-corrected chi connectivity index (χ1v) is 8.74. The van der Waals surface area contributed by atoms with E-state index in [1.165, 1.54) is 0 Å². The van der Waals surface area contributed by atoms with Crippen LogP contribution in [-0.2, 0) is 10.0 Å². The van der Waals surface area contributed by atoms with E-state index in [1.54, 1.807) is 33.1 Å². The molecule has 2 rings (SSSR count). The van der Waals surface area contributed by atoms with Gasteiger partial charge in [-0.15, -0.1) is 0 Å². The Morgan fingerprint density at radius 2 is 1.95 bits per heavy atom. The lowest BCUT2D eigenvalue weighted by Gasteiger charge is -2.14. The predicted molar refractivity (Wildman–Crippen MR) is 85.1 cm³/mol. The maximum atomic E-state index is 12.4. The molecule has 1 N–H and O–H groups in total. The Morgan fingerprint density at radius 1 is 1.29 bits per heavy atom. The molecule has 2 aromatic rings. The zero-order valence-electron chi connectivity index (χ0n) is 12.0. The molecule has 1 aromatic carbocycles. The lowest BCUT2D eigenvalue weighted by Crippen LogP contribution is -2.14. The lowest BCUT2D eigenvalue weighted by molar-refractivity contribution is 0.409. The Morgan fingerprint density at radius 3 is 2.48 bits per heavy atom. The smallest absolute Gasteiger partial charge is 0.273 e. The second-order valence-corrected chi connectivity index (χ2v) is 7.99. The maximum Gasteiger partial charge on any atom is 0.273 e. The number of anilines is 1. The number of sulfonamides is 1. The van der Waals surface area contributed by atoms with Crippen molar-refractivity contribution >= 4 is 38.6 Å². The van der Waals surface area contributed by atoms with E-state index in [0.29, 0.717) is 17.1 Å². The van der Waals surface area contributed by atoms with Gasteiger partial charge >= 0.3 is 0 Å². The zero-order valence-corrected chi connectivity index (χ0v) is 14.4. The molecule has 0 unspecified atom stereocenters. The Hall–Kier alpha value is -1.31. The van der Waals surface area contributed by atoms with Gasteiger partial charge in [-0.2, -0.15) is 0 Å². The third kappa shape index (κ3) is 3.14. The van der Waals surface area contributed by atoms with Crippen LogP contribution >= 0.6 is 22.9 Å². The first-order chi connectivity index (χ1) is 9.76.